The molecule has 0 bridgehead atoms. The molecule has 208 valence electrons. The van der Waals surface area contributed by atoms with Crippen molar-refractivity contribution in [1.82, 2.24) is 9.38 Å². The highest BCUT2D eigenvalue weighted by Gasteiger charge is 2.15. The van der Waals surface area contributed by atoms with E-state index in [1.165, 1.54) is 75.8 Å². The van der Waals surface area contributed by atoms with E-state index in [1.807, 2.05) is 12.1 Å². The summed E-state index contributed by atoms with van der Waals surface area (Å²) < 4.78 is 2.09. The van der Waals surface area contributed by atoms with Crippen LogP contribution in [0, 0.1) is 0 Å². The Kier molecular flexibility index (Phi) is 5.03. The second-order valence-corrected chi connectivity index (χ2v) is 12.0. The van der Waals surface area contributed by atoms with E-state index in [4.69, 9.17) is 4.98 Å². The van der Waals surface area contributed by atoms with Crippen molar-refractivity contribution in [3.63, 3.8) is 0 Å². The molecule has 10 aromatic rings. The van der Waals surface area contributed by atoms with Crippen LogP contribution in [0.4, 0.5) is 0 Å². The van der Waals surface area contributed by atoms with Gasteiger partial charge in [0.2, 0.25) is 0 Å². The third kappa shape index (κ3) is 3.54. The zero-order chi connectivity index (χ0) is 29.5. The van der Waals surface area contributed by atoms with E-state index in [0.717, 1.165) is 16.9 Å². The van der Waals surface area contributed by atoms with Crippen molar-refractivity contribution in [3.05, 3.63) is 158 Å². The second-order valence-electron chi connectivity index (χ2n) is 12.0. The molecule has 0 fully saturated rings. The van der Waals surface area contributed by atoms with Crippen molar-refractivity contribution in [3.8, 4) is 22.4 Å². The van der Waals surface area contributed by atoms with Gasteiger partial charge in [0.25, 0.3) is 0 Å². The first kappa shape index (κ1) is 24.5. The highest BCUT2D eigenvalue weighted by molar-refractivity contribution is 6.32. The number of rotatable bonds is 2. The largest absolute Gasteiger partial charge is 0.306 e. The summed E-state index contributed by atoms with van der Waals surface area (Å²) in [4.78, 5) is 4.95. The van der Waals surface area contributed by atoms with Gasteiger partial charge in [0.1, 0.15) is 5.65 Å². The lowest BCUT2D eigenvalue weighted by Gasteiger charge is -2.15. The van der Waals surface area contributed by atoms with Crippen molar-refractivity contribution in [2.75, 3.05) is 0 Å². The molecule has 0 radical (unpaired) electrons. The van der Waals surface area contributed by atoms with E-state index in [1.54, 1.807) is 0 Å². The molecule has 2 heterocycles. The lowest BCUT2D eigenvalue weighted by molar-refractivity contribution is 1.19. The molecule has 0 saturated carbocycles. The molecule has 0 aliphatic carbocycles. The first-order chi connectivity index (χ1) is 22.3. The van der Waals surface area contributed by atoms with Gasteiger partial charge in [-0.1, -0.05) is 127 Å². The molecule has 0 amide bonds. The molecule has 0 saturated heterocycles. The molecule has 45 heavy (non-hydrogen) atoms. The number of pyridine rings is 1. The summed E-state index contributed by atoms with van der Waals surface area (Å²) in [6, 6.07) is 53.3. The maximum absolute atomic E-state index is 4.95. The smallest absolute Gasteiger partial charge is 0.137 e. The Morgan fingerprint density at radius 1 is 0.400 bits per heavy atom. The molecule has 0 unspecified atom stereocenters. The number of fused-ring (bicyclic) bond motifs is 7. The summed E-state index contributed by atoms with van der Waals surface area (Å²) in [5, 5.41) is 15.3. The van der Waals surface area contributed by atoms with Gasteiger partial charge >= 0.3 is 0 Å². The van der Waals surface area contributed by atoms with Crippen molar-refractivity contribution >= 4 is 70.3 Å². The number of hydrogen-bond donors (Lipinski definition) is 0. The minimum Gasteiger partial charge on any atom is -0.306 e. The van der Waals surface area contributed by atoms with Crippen molar-refractivity contribution < 1.29 is 0 Å². The van der Waals surface area contributed by atoms with Gasteiger partial charge in [-0.25, -0.2) is 4.98 Å². The first-order valence-electron chi connectivity index (χ1n) is 15.5. The predicted molar refractivity (Wildman–Crippen MR) is 191 cm³/mol. The first-order valence-corrected chi connectivity index (χ1v) is 15.5. The van der Waals surface area contributed by atoms with E-state index < -0.39 is 0 Å². The van der Waals surface area contributed by atoms with Crippen LogP contribution in [0.5, 0.6) is 0 Å². The fourth-order valence-corrected chi connectivity index (χ4v) is 7.57. The Labute approximate surface area is 259 Å². The monoisotopic (exact) mass is 570 g/mol. The van der Waals surface area contributed by atoms with E-state index >= 15 is 0 Å². The number of hydrogen-bond acceptors (Lipinski definition) is 1. The summed E-state index contributed by atoms with van der Waals surface area (Å²) in [7, 11) is 0. The SMILES string of the molecule is c1ccc2c(-c3cn4ccccc4n3)ccc(-c3ccc4c(c3)c3ccccc3c3cccc5ccc6cccc4c6c53)c2c1. The molecular weight excluding hydrogens is 544 g/mol. The summed E-state index contributed by atoms with van der Waals surface area (Å²) >= 11 is 0. The van der Waals surface area contributed by atoms with Gasteiger partial charge in [0.15, 0.2) is 0 Å². The minimum absolute atomic E-state index is 0.952. The summed E-state index contributed by atoms with van der Waals surface area (Å²) in [6.07, 6.45) is 4.18. The van der Waals surface area contributed by atoms with Gasteiger partial charge in [-0.2, -0.15) is 0 Å². The lowest BCUT2D eigenvalue weighted by atomic mass is 9.88. The maximum atomic E-state index is 4.95. The summed E-state index contributed by atoms with van der Waals surface area (Å²) in [5.74, 6) is 0. The Morgan fingerprint density at radius 2 is 0.978 bits per heavy atom. The molecule has 2 aromatic heterocycles. The molecule has 0 aliphatic rings. The Balaban J connectivity index is 1.31. The van der Waals surface area contributed by atoms with Crippen LogP contribution in [0.2, 0.25) is 0 Å². The Morgan fingerprint density at radius 3 is 1.69 bits per heavy atom. The average molecular weight is 571 g/mol. The summed E-state index contributed by atoms with van der Waals surface area (Å²) in [6.45, 7) is 0. The quantitative estimate of drug-likeness (QED) is 0.189. The topological polar surface area (TPSA) is 17.3 Å². The molecule has 0 spiro atoms. The van der Waals surface area contributed by atoms with Gasteiger partial charge in [-0.3, -0.25) is 0 Å². The summed E-state index contributed by atoms with van der Waals surface area (Å²) in [5.41, 5.74) is 5.51. The third-order valence-corrected chi connectivity index (χ3v) is 9.58. The van der Waals surface area contributed by atoms with Crippen LogP contribution in [-0.4, -0.2) is 9.38 Å². The van der Waals surface area contributed by atoms with E-state index in [-0.39, 0.29) is 0 Å². The number of benzene rings is 7. The van der Waals surface area contributed by atoms with E-state index in [0.29, 0.717) is 0 Å². The van der Waals surface area contributed by atoms with Crippen LogP contribution < -0.4 is 0 Å². The molecule has 0 N–H and O–H groups in total. The fourth-order valence-electron chi connectivity index (χ4n) is 7.57. The maximum Gasteiger partial charge on any atom is 0.137 e. The van der Waals surface area contributed by atoms with Crippen LogP contribution in [0.1, 0.15) is 0 Å². The van der Waals surface area contributed by atoms with Crippen molar-refractivity contribution in [2.24, 2.45) is 0 Å². The third-order valence-electron chi connectivity index (χ3n) is 9.58. The standard InChI is InChI=1S/C43H26N2/c1-2-12-32-31(11-1)30(22-23-36(32)40-26-45-24-6-5-17-41(45)44-40)29-20-21-35-38-16-8-10-28-19-18-27-9-7-15-37(42(27)43(28)38)33-13-3-4-14-34(33)39(35)25-29/h1-26H. The Bertz CT molecular complexity index is 2790. The molecule has 10 rings (SSSR count). The second kappa shape index (κ2) is 9.25. The van der Waals surface area contributed by atoms with Crippen LogP contribution in [0.15, 0.2) is 158 Å². The zero-order valence-corrected chi connectivity index (χ0v) is 24.4. The van der Waals surface area contributed by atoms with Gasteiger partial charge in [-0.15, -0.1) is 0 Å². The van der Waals surface area contributed by atoms with Gasteiger partial charge in [-0.05, 0) is 94.0 Å². The Hall–Kier alpha value is -5.99. The van der Waals surface area contributed by atoms with E-state index in [2.05, 4.69) is 150 Å². The zero-order valence-electron chi connectivity index (χ0n) is 24.4. The molecule has 0 aliphatic heterocycles. The number of nitrogens with zero attached hydrogens (tertiary/aromatic N) is 2. The van der Waals surface area contributed by atoms with Crippen LogP contribution in [0.25, 0.3) is 92.7 Å². The highest BCUT2D eigenvalue weighted by atomic mass is 15.0. The lowest BCUT2D eigenvalue weighted by Crippen LogP contribution is -1.88. The molecule has 2 heteroatoms. The predicted octanol–water partition coefficient (Wildman–Crippen LogP) is 11.6. The molecule has 0 atom stereocenters. The van der Waals surface area contributed by atoms with Crippen LogP contribution >= 0.6 is 0 Å². The van der Waals surface area contributed by atoms with Crippen LogP contribution in [-0.2, 0) is 0 Å². The van der Waals surface area contributed by atoms with Gasteiger partial charge in [0.05, 0.1) is 5.69 Å². The minimum atomic E-state index is 0.952. The van der Waals surface area contributed by atoms with Crippen molar-refractivity contribution in [2.45, 2.75) is 0 Å². The fraction of sp³-hybridized carbons (Fsp3) is 0. The number of imidazole rings is 1. The number of aromatic nitrogens is 2. The molecular formula is C43H26N2. The highest BCUT2D eigenvalue weighted by Crippen LogP contribution is 2.42. The molecule has 8 aromatic carbocycles. The van der Waals surface area contributed by atoms with Gasteiger partial charge in [0, 0.05) is 18.0 Å². The molecule has 2 nitrogen and oxygen atoms in total. The van der Waals surface area contributed by atoms with Gasteiger partial charge < -0.3 is 4.40 Å². The van der Waals surface area contributed by atoms with Crippen LogP contribution in [0.3, 0.4) is 0 Å². The van der Waals surface area contributed by atoms with Crippen molar-refractivity contribution in [1.29, 1.82) is 0 Å². The normalized spacial score (nSPS) is 12.0. The average Bonchev–Trinajstić information content (AvgIpc) is 3.54. The van der Waals surface area contributed by atoms with E-state index in [9.17, 15) is 0 Å².